The summed E-state index contributed by atoms with van der Waals surface area (Å²) >= 11 is 0. The molecule has 5 N–H and O–H groups in total. The number of hydrogen-bond donors (Lipinski definition) is 3. The van der Waals surface area contributed by atoms with Crippen LogP contribution in [0.3, 0.4) is 0 Å². The average molecular weight is 317 g/mol. The lowest BCUT2D eigenvalue weighted by molar-refractivity contribution is 0.0691. The van der Waals surface area contributed by atoms with Crippen molar-refractivity contribution in [3.63, 3.8) is 0 Å². The number of methoxy groups -OCH3 is 1. The van der Waals surface area contributed by atoms with E-state index in [0.29, 0.717) is 32.1 Å². The minimum Gasteiger partial charge on any atom is -0.396 e. The predicted molar refractivity (Wildman–Crippen MR) is 82.6 cm³/mol. The third-order valence-electron chi connectivity index (χ3n) is 2.84. The van der Waals surface area contributed by atoms with Crippen LogP contribution in [-0.2, 0) is 19.5 Å². The number of para-hydroxylation sites is 1. The fourth-order valence-corrected chi connectivity index (χ4v) is 2.43. The Bertz CT molecular complexity index is 534. The minimum absolute atomic E-state index is 0.0598. The first-order valence-corrected chi connectivity index (χ1v) is 8.23. The molecule has 1 aromatic rings. The molecule has 0 unspecified atom stereocenters. The monoisotopic (exact) mass is 317 g/mol. The van der Waals surface area contributed by atoms with Gasteiger partial charge in [-0.3, -0.25) is 0 Å². The highest BCUT2D eigenvalue weighted by Gasteiger charge is 2.14. The number of benzene rings is 1. The van der Waals surface area contributed by atoms with Crippen molar-refractivity contribution >= 4 is 21.4 Å². The van der Waals surface area contributed by atoms with E-state index < -0.39 is 10.0 Å². The fraction of sp³-hybridized carbons (Fsp3) is 0.538. The molecule has 7 nitrogen and oxygen atoms in total. The van der Waals surface area contributed by atoms with Crippen molar-refractivity contribution in [3.8, 4) is 0 Å². The quantitative estimate of drug-likeness (QED) is 0.433. The number of nitrogens with two attached hydrogens (primary N) is 2. The van der Waals surface area contributed by atoms with Crippen LogP contribution >= 0.6 is 0 Å². The summed E-state index contributed by atoms with van der Waals surface area (Å²) in [5.41, 5.74) is 6.53. The second-order valence-corrected chi connectivity index (χ2v) is 6.03. The summed E-state index contributed by atoms with van der Waals surface area (Å²) in [6.45, 7) is 2.52. The van der Waals surface area contributed by atoms with E-state index in [1.165, 1.54) is 6.07 Å². The van der Waals surface area contributed by atoms with Crippen molar-refractivity contribution in [2.75, 3.05) is 44.5 Å². The summed E-state index contributed by atoms with van der Waals surface area (Å²) in [5.74, 6) is 0. The van der Waals surface area contributed by atoms with E-state index in [9.17, 15) is 8.42 Å². The Hall–Kier alpha value is -1.35. The van der Waals surface area contributed by atoms with Crippen molar-refractivity contribution in [2.45, 2.75) is 17.7 Å². The molecule has 0 fully saturated rings. The van der Waals surface area contributed by atoms with Crippen LogP contribution in [0.25, 0.3) is 0 Å². The molecule has 0 aromatic heterocycles. The van der Waals surface area contributed by atoms with E-state index in [-0.39, 0.29) is 10.6 Å². The van der Waals surface area contributed by atoms with E-state index in [1.807, 2.05) is 0 Å². The lowest BCUT2D eigenvalue weighted by atomic mass is 10.2. The second kappa shape index (κ2) is 8.83. The number of sulfonamides is 1. The molecule has 0 saturated heterocycles. The molecule has 21 heavy (non-hydrogen) atoms. The Morgan fingerprint density at radius 3 is 2.62 bits per heavy atom. The van der Waals surface area contributed by atoms with Crippen LogP contribution in [0.4, 0.5) is 11.4 Å². The van der Waals surface area contributed by atoms with Gasteiger partial charge in [0, 0.05) is 20.3 Å². The summed E-state index contributed by atoms with van der Waals surface area (Å²) in [6.07, 6.45) is 1.78. The molecule has 0 bridgehead atoms. The second-order valence-electron chi connectivity index (χ2n) is 4.50. The van der Waals surface area contributed by atoms with Crippen molar-refractivity contribution in [3.05, 3.63) is 18.2 Å². The molecule has 0 spiro atoms. The summed E-state index contributed by atoms with van der Waals surface area (Å²) in [5, 5.41) is 8.20. The Labute approximate surface area is 125 Å². The third kappa shape index (κ3) is 6.30. The molecule has 0 saturated carbocycles. The van der Waals surface area contributed by atoms with E-state index in [4.69, 9.17) is 20.3 Å². The van der Waals surface area contributed by atoms with Gasteiger partial charge < -0.3 is 20.5 Å². The lowest BCUT2D eigenvalue weighted by Crippen LogP contribution is -2.15. The third-order valence-corrected chi connectivity index (χ3v) is 3.80. The van der Waals surface area contributed by atoms with Crippen LogP contribution in [0.15, 0.2) is 23.1 Å². The summed E-state index contributed by atoms with van der Waals surface area (Å²) in [7, 11) is -2.17. The van der Waals surface area contributed by atoms with Crippen LogP contribution in [0.5, 0.6) is 0 Å². The summed E-state index contributed by atoms with van der Waals surface area (Å²) in [4.78, 5) is -0.0598. The van der Waals surface area contributed by atoms with Crippen molar-refractivity contribution < 1.29 is 17.9 Å². The van der Waals surface area contributed by atoms with Crippen molar-refractivity contribution in [1.82, 2.24) is 0 Å². The van der Waals surface area contributed by atoms with Gasteiger partial charge in [-0.15, -0.1) is 0 Å². The van der Waals surface area contributed by atoms with Crippen LogP contribution < -0.4 is 16.2 Å². The maximum Gasteiger partial charge on any atom is 0.240 e. The first-order chi connectivity index (χ1) is 9.96. The Morgan fingerprint density at radius 2 is 1.95 bits per heavy atom. The summed E-state index contributed by atoms with van der Waals surface area (Å²) in [6, 6.07) is 4.71. The zero-order chi connectivity index (χ0) is 15.7. The molecule has 1 aromatic carbocycles. The Morgan fingerprint density at radius 1 is 1.19 bits per heavy atom. The highest BCUT2D eigenvalue weighted by Crippen LogP contribution is 2.25. The smallest absolute Gasteiger partial charge is 0.240 e. The van der Waals surface area contributed by atoms with Gasteiger partial charge in [0.1, 0.15) is 4.90 Å². The van der Waals surface area contributed by atoms with Gasteiger partial charge in [-0.05, 0) is 25.0 Å². The van der Waals surface area contributed by atoms with E-state index >= 15 is 0 Å². The highest BCUT2D eigenvalue weighted by atomic mass is 32.2. The van der Waals surface area contributed by atoms with Gasteiger partial charge in [-0.1, -0.05) is 6.07 Å². The molecule has 0 amide bonds. The highest BCUT2D eigenvalue weighted by molar-refractivity contribution is 7.89. The molecule has 0 aliphatic rings. The number of rotatable bonds is 10. The number of ether oxygens (including phenoxy) is 2. The van der Waals surface area contributed by atoms with E-state index in [2.05, 4.69) is 5.32 Å². The topological polar surface area (TPSA) is 117 Å². The number of hydrogen-bond acceptors (Lipinski definition) is 6. The molecule has 0 atom stereocenters. The van der Waals surface area contributed by atoms with Gasteiger partial charge in [-0.2, -0.15) is 0 Å². The van der Waals surface area contributed by atoms with Crippen molar-refractivity contribution in [1.29, 1.82) is 0 Å². The van der Waals surface area contributed by atoms with Gasteiger partial charge in [0.2, 0.25) is 10.0 Å². The number of primary sulfonamides is 1. The number of anilines is 2. The Balaban J connectivity index is 2.36. The predicted octanol–water partition coefficient (Wildman–Crippen LogP) is 0.771. The zero-order valence-electron chi connectivity index (χ0n) is 12.2. The fourth-order valence-electron chi connectivity index (χ4n) is 1.74. The van der Waals surface area contributed by atoms with Gasteiger partial charge in [0.15, 0.2) is 0 Å². The number of nitrogens with one attached hydrogen (secondary N) is 1. The molecule has 1 rings (SSSR count). The van der Waals surface area contributed by atoms with Gasteiger partial charge >= 0.3 is 0 Å². The minimum atomic E-state index is -3.80. The molecular formula is C13H23N3O4S. The normalized spacial score (nSPS) is 11.5. The molecule has 0 radical (unpaired) electrons. The molecule has 0 aliphatic carbocycles. The molecule has 8 heteroatoms. The van der Waals surface area contributed by atoms with Crippen LogP contribution in [0.1, 0.15) is 12.8 Å². The van der Waals surface area contributed by atoms with Crippen LogP contribution in [-0.4, -0.2) is 41.9 Å². The first-order valence-electron chi connectivity index (χ1n) is 6.68. The lowest BCUT2D eigenvalue weighted by Gasteiger charge is -2.12. The van der Waals surface area contributed by atoms with Gasteiger partial charge in [0.05, 0.1) is 24.6 Å². The standard InChI is InChI=1S/C13H23N3O4S/c1-19-9-10-20-8-3-2-7-16-11-5-4-6-12(13(11)14)21(15,17)18/h4-6,16H,2-3,7-10,14H2,1H3,(H2,15,17,18). The average Bonchev–Trinajstić information content (AvgIpc) is 2.42. The first kappa shape index (κ1) is 17.7. The maximum absolute atomic E-state index is 11.4. The Kier molecular flexibility index (Phi) is 7.44. The van der Waals surface area contributed by atoms with E-state index in [1.54, 1.807) is 19.2 Å². The molecular weight excluding hydrogens is 294 g/mol. The number of unbranched alkanes of at least 4 members (excludes halogenated alkanes) is 1. The van der Waals surface area contributed by atoms with Gasteiger partial charge in [-0.25, -0.2) is 13.6 Å². The zero-order valence-corrected chi connectivity index (χ0v) is 13.0. The van der Waals surface area contributed by atoms with Crippen LogP contribution in [0.2, 0.25) is 0 Å². The molecule has 120 valence electrons. The summed E-state index contributed by atoms with van der Waals surface area (Å²) < 4.78 is 32.9. The van der Waals surface area contributed by atoms with Gasteiger partial charge in [0.25, 0.3) is 0 Å². The molecule has 0 heterocycles. The maximum atomic E-state index is 11.4. The number of nitrogen functional groups attached to an aromatic ring is 1. The van der Waals surface area contributed by atoms with Crippen LogP contribution in [0, 0.1) is 0 Å². The molecule has 0 aliphatic heterocycles. The largest absolute Gasteiger partial charge is 0.396 e. The van der Waals surface area contributed by atoms with E-state index in [0.717, 1.165) is 12.8 Å². The SMILES string of the molecule is COCCOCCCCNc1cccc(S(N)(=O)=O)c1N. The van der Waals surface area contributed by atoms with Crippen molar-refractivity contribution in [2.24, 2.45) is 5.14 Å².